The summed E-state index contributed by atoms with van der Waals surface area (Å²) in [4.78, 5) is 26.3. The average Bonchev–Trinajstić information content (AvgIpc) is 3.52. The van der Waals surface area contributed by atoms with E-state index in [1.807, 2.05) is 37.3 Å². The van der Waals surface area contributed by atoms with Gasteiger partial charge in [-0.15, -0.1) is 11.3 Å². The number of aryl methyl sites for hydroxylation is 1. The van der Waals surface area contributed by atoms with E-state index in [4.69, 9.17) is 5.41 Å². The lowest BCUT2D eigenvalue weighted by atomic mass is 10.0. The first kappa shape index (κ1) is 24.6. The molecule has 9 heteroatoms. The van der Waals surface area contributed by atoms with E-state index in [1.54, 1.807) is 29.8 Å². The van der Waals surface area contributed by atoms with Gasteiger partial charge in [-0.3, -0.25) is 10.3 Å². The molecule has 0 radical (unpaired) electrons. The van der Waals surface area contributed by atoms with E-state index < -0.39 is 0 Å². The van der Waals surface area contributed by atoms with Crippen LogP contribution in [0, 0.1) is 12.3 Å². The Labute approximate surface area is 223 Å². The first-order valence-corrected chi connectivity index (χ1v) is 12.9. The summed E-state index contributed by atoms with van der Waals surface area (Å²) in [6.07, 6.45) is 4.58. The van der Waals surface area contributed by atoms with Gasteiger partial charge in [-0.1, -0.05) is 30.3 Å². The third-order valence-corrected chi connectivity index (χ3v) is 7.64. The Morgan fingerprint density at radius 1 is 1.14 bits per heavy atom. The Bertz CT molecular complexity index is 1420. The van der Waals surface area contributed by atoms with Crippen LogP contribution in [0.2, 0.25) is 0 Å². The Hall–Kier alpha value is -4.08. The van der Waals surface area contributed by atoms with E-state index in [0.29, 0.717) is 17.1 Å². The van der Waals surface area contributed by atoms with E-state index in [9.17, 15) is 4.79 Å². The summed E-state index contributed by atoms with van der Waals surface area (Å²) < 4.78 is 0. The molecule has 1 fully saturated rings. The third kappa shape index (κ3) is 5.84. The number of likely N-dealkylation sites (N-methyl/N-ethyl adjacent to an activating group) is 1. The summed E-state index contributed by atoms with van der Waals surface area (Å²) in [5.41, 5.74) is 4.24. The second-order valence-corrected chi connectivity index (χ2v) is 10.3. The highest BCUT2D eigenvalue weighted by Crippen LogP contribution is 2.36. The van der Waals surface area contributed by atoms with Crippen LogP contribution in [0.5, 0.6) is 0 Å². The molecule has 3 aromatic heterocycles. The number of aromatic nitrogens is 2. The third-order valence-electron chi connectivity index (χ3n) is 6.38. The van der Waals surface area contributed by atoms with Crippen molar-refractivity contribution < 1.29 is 7.65 Å². The largest absolute Gasteiger partial charge is 0.354 e. The molecule has 0 spiro atoms. The zero-order valence-electron chi connectivity index (χ0n) is 20.7. The topological polar surface area (TPSA) is 106 Å². The highest BCUT2D eigenvalue weighted by molar-refractivity contribution is 7.15. The summed E-state index contributed by atoms with van der Waals surface area (Å²) in [6, 6.07) is 19.8. The van der Waals surface area contributed by atoms with Gasteiger partial charge in [0.1, 0.15) is 5.82 Å². The minimum absolute atomic E-state index is 0. The van der Waals surface area contributed by atoms with Gasteiger partial charge in [-0.05, 0) is 49.9 Å². The number of thiophene rings is 1. The van der Waals surface area contributed by atoms with Crippen LogP contribution in [0.3, 0.4) is 0 Å². The molecule has 0 aliphatic carbocycles. The molecule has 0 bridgehead atoms. The number of nitrogens with one attached hydrogen (secondary N) is 4. The van der Waals surface area contributed by atoms with Crippen LogP contribution >= 0.6 is 11.3 Å². The van der Waals surface area contributed by atoms with Crippen molar-refractivity contribution in [2.45, 2.75) is 18.9 Å². The predicted octanol–water partition coefficient (Wildman–Crippen LogP) is 5.97. The number of hydrogen-bond donors (Lipinski definition) is 4. The van der Waals surface area contributed by atoms with E-state index in [2.05, 4.69) is 62.1 Å². The molecule has 0 saturated carbocycles. The summed E-state index contributed by atoms with van der Waals surface area (Å²) in [6.45, 7) is 3.56. The van der Waals surface area contributed by atoms with Crippen LogP contribution in [0.15, 0.2) is 73.1 Å². The number of urea groups is 1. The van der Waals surface area contributed by atoms with Crippen LogP contribution in [0.25, 0.3) is 10.4 Å². The minimum atomic E-state index is -0.306. The summed E-state index contributed by atoms with van der Waals surface area (Å²) in [7, 11) is 2.08. The zero-order valence-corrected chi connectivity index (χ0v) is 21.5. The van der Waals surface area contributed by atoms with Crippen LogP contribution in [0.4, 0.5) is 22.0 Å². The minimum Gasteiger partial charge on any atom is -0.354 e. The SMILES string of the molecule is Cc1cc(Nc2cnc(NC(=O)N[C@H]3CN(C)C[C@@H]3c3ccc(-c4ccccc4)s3)cc2C=N)ccn1.[HH].[HH]. The highest BCUT2D eigenvalue weighted by atomic mass is 32.1. The van der Waals surface area contributed by atoms with E-state index in [0.717, 1.165) is 24.5 Å². The van der Waals surface area contributed by atoms with Crippen LogP contribution in [0.1, 0.15) is 24.9 Å². The van der Waals surface area contributed by atoms with Gasteiger partial charge in [-0.2, -0.15) is 0 Å². The lowest BCUT2D eigenvalue weighted by molar-refractivity contribution is 0.247. The second-order valence-electron chi connectivity index (χ2n) is 9.21. The molecule has 37 heavy (non-hydrogen) atoms. The van der Waals surface area contributed by atoms with Crippen molar-refractivity contribution in [3.8, 4) is 10.4 Å². The molecule has 2 amide bonds. The number of rotatable bonds is 7. The van der Waals surface area contributed by atoms with Crippen molar-refractivity contribution >= 4 is 40.8 Å². The second kappa shape index (κ2) is 10.9. The van der Waals surface area contributed by atoms with Gasteiger partial charge in [0.2, 0.25) is 0 Å². The number of nitrogens with zero attached hydrogens (tertiary/aromatic N) is 3. The van der Waals surface area contributed by atoms with E-state index in [-0.39, 0.29) is 20.8 Å². The molecular formula is C28H33N7OS. The average molecular weight is 516 g/mol. The van der Waals surface area contributed by atoms with Gasteiger partial charge in [0.25, 0.3) is 0 Å². The first-order chi connectivity index (χ1) is 18.0. The molecule has 2 atom stereocenters. The van der Waals surface area contributed by atoms with Crippen molar-refractivity contribution in [3.05, 3.63) is 89.2 Å². The molecular weight excluding hydrogens is 482 g/mol. The van der Waals surface area contributed by atoms with Crippen molar-refractivity contribution in [1.82, 2.24) is 20.2 Å². The fourth-order valence-corrected chi connectivity index (χ4v) is 5.78. The van der Waals surface area contributed by atoms with Crippen LogP contribution in [-0.4, -0.2) is 53.3 Å². The molecule has 1 aliphatic heterocycles. The van der Waals surface area contributed by atoms with Crippen molar-refractivity contribution in [2.75, 3.05) is 30.8 Å². The number of hydrogen-bond acceptors (Lipinski definition) is 7. The van der Waals surface area contributed by atoms with Crippen molar-refractivity contribution in [1.29, 1.82) is 5.41 Å². The summed E-state index contributed by atoms with van der Waals surface area (Å²) in [5.74, 6) is 0.594. The number of carbonyl (C=O) groups is 1. The first-order valence-electron chi connectivity index (χ1n) is 12.1. The normalized spacial score (nSPS) is 17.4. The fraction of sp³-hybridized carbons (Fsp3) is 0.214. The molecule has 192 valence electrons. The molecule has 0 unspecified atom stereocenters. The highest BCUT2D eigenvalue weighted by Gasteiger charge is 2.34. The Morgan fingerprint density at radius 2 is 1.97 bits per heavy atom. The summed E-state index contributed by atoms with van der Waals surface area (Å²) >= 11 is 1.78. The quantitative estimate of drug-likeness (QED) is 0.227. The van der Waals surface area contributed by atoms with Gasteiger partial charge in [0.15, 0.2) is 0 Å². The number of carbonyl (C=O) groups excluding carboxylic acids is 1. The molecule has 8 nitrogen and oxygen atoms in total. The number of amides is 2. The molecule has 4 N–H and O–H groups in total. The van der Waals surface area contributed by atoms with E-state index in [1.165, 1.54) is 21.5 Å². The van der Waals surface area contributed by atoms with Crippen LogP contribution in [-0.2, 0) is 0 Å². The molecule has 1 saturated heterocycles. The van der Waals surface area contributed by atoms with Gasteiger partial charge in [0, 0.05) is 61.0 Å². The molecule has 5 rings (SSSR count). The molecule has 1 aromatic carbocycles. The van der Waals surface area contributed by atoms with Crippen molar-refractivity contribution in [2.24, 2.45) is 0 Å². The number of benzene rings is 1. The van der Waals surface area contributed by atoms with Gasteiger partial charge < -0.3 is 20.9 Å². The summed E-state index contributed by atoms with van der Waals surface area (Å²) in [5, 5.41) is 17.1. The van der Waals surface area contributed by atoms with Gasteiger partial charge in [-0.25, -0.2) is 9.78 Å². The Balaban J connectivity index is 0.00000210. The van der Waals surface area contributed by atoms with Crippen LogP contribution < -0.4 is 16.0 Å². The number of pyridine rings is 2. The Kier molecular flexibility index (Phi) is 7.25. The lowest BCUT2D eigenvalue weighted by Gasteiger charge is -2.19. The molecule has 1 aliphatic rings. The Morgan fingerprint density at radius 3 is 2.76 bits per heavy atom. The van der Waals surface area contributed by atoms with Gasteiger partial charge >= 0.3 is 6.03 Å². The van der Waals surface area contributed by atoms with Gasteiger partial charge in [0.05, 0.1) is 17.9 Å². The number of anilines is 3. The fourth-order valence-electron chi connectivity index (χ4n) is 4.61. The monoisotopic (exact) mass is 515 g/mol. The maximum absolute atomic E-state index is 12.9. The smallest absolute Gasteiger partial charge is 0.320 e. The number of likely N-dealkylation sites (tertiary alicyclic amines) is 1. The molecule has 4 aromatic rings. The standard InChI is InChI=1S/C28H29N7OS.2H2/c1-18-12-21(10-11-30-18)32-23-15-31-27(13-20(23)14-29)34-28(36)33-24-17-35(2)16-22(24)26-9-8-25(37-26)19-6-4-3-5-7-19;;/h3-15,22,24,29H,16-17H2,1-2H3,(H,30,32)(H2,31,33,34,36);2*1H/t22-,24-;;/m0../s1. The molecule has 4 heterocycles. The van der Waals surface area contributed by atoms with E-state index >= 15 is 0 Å². The maximum Gasteiger partial charge on any atom is 0.320 e. The zero-order chi connectivity index (χ0) is 25.8. The maximum atomic E-state index is 12.9. The lowest BCUT2D eigenvalue weighted by Crippen LogP contribution is -2.42. The predicted molar refractivity (Wildman–Crippen MR) is 155 cm³/mol. The van der Waals surface area contributed by atoms with Crippen molar-refractivity contribution in [3.63, 3.8) is 0 Å².